The number of rotatable bonds is 2. The third-order valence-electron chi connectivity index (χ3n) is 2.77. The molecule has 0 spiro atoms. The minimum absolute atomic E-state index is 0.665. The smallest absolute Gasteiger partial charge is 0.0998 e. The van der Waals surface area contributed by atoms with Gasteiger partial charge in [-0.25, -0.2) is 0 Å². The maximum atomic E-state index is 9.07. The van der Waals surface area contributed by atoms with Gasteiger partial charge in [-0.15, -0.1) is 0 Å². The first kappa shape index (κ1) is 11.2. The molecule has 0 aliphatic rings. The molecule has 82 valence electrons. The van der Waals surface area contributed by atoms with E-state index < -0.39 is 0 Å². The highest BCUT2D eigenvalue weighted by Crippen LogP contribution is 2.24. The molecule has 2 aromatic rings. The minimum atomic E-state index is 0.665. The SMILES string of the molecule is C=C(c1ccc(C)cc1)c1ccccc1C#N. The highest BCUT2D eigenvalue weighted by atomic mass is 14.2. The molecule has 2 rings (SSSR count). The standard InChI is InChI=1S/C16H13N/c1-12-7-9-14(10-8-12)13(2)16-6-4-3-5-15(16)11-17/h3-10H,2H2,1H3. The van der Waals surface area contributed by atoms with Crippen molar-refractivity contribution in [1.82, 2.24) is 0 Å². The summed E-state index contributed by atoms with van der Waals surface area (Å²) in [6.45, 7) is 6.13. The number of benzene rings is 2. The summed E-state index contributed by atoms with van der Waals surface area (Å²) < 4.78 is 0. The van der Waals surface area contributed by atoms with Gasteiger partial charge in [0, 0.05) is 0 Å². The Labute approximate surface area is 102 Å². The molecule has 0 fully saturated rings. The number of hydrogen-bond acceptors (Lipinski definition) is 1. The fourth-order valence-corrected chi connectivity index (χ4v) is 1.75. The lowest BCUT2D eigenvalue weighted by atomic mass is 9.95. The largest absolute Gasteiger partial charge is 0.192 e. The highest BCUT2D eigenvalue weighted by Gasteiger charge is 2.06. The Kier molecular flexibility index (Phi) is 3.07. The van der Waals surface area contributed by atoms with Crippen LogP contribution in [-0.4, -0.2) is 0 Å². The molecule has 0 N–H and O–H groups in total. The van der Waals surface area contributed by atoms with E-state index in [1.165, 1.54) is 5.56 Å². The third kappa shape index (κ3) is 2.26. The van der Waals surface area contributed by atoms with Crippen LogP contribution in [0.25, 0.3) is 5.57 Å². The normalized spacial score (nSPS) is 9.65. The molecule has 17 heavy (non-hydrogen) atoms. The van der Waals surface area contributed by atoms with Crippen molar-refractivity contribution in [2.75, 3.05) is 0 Å². The van der Waals surface area contributed by atoms with Gasteiger partial charge in [-0.1, -0.05) is 54.6 Å². The molecule has 0 atom stereocenters. The van der Waals surface area contributed by atoms with E-state index >= 15 is 0 Å². The molecule has 0 aliphatic heterocycles. The van der Waals surface area contributed by atoms with Gasteiger partial charge in [0.1, 0.15) is 0 Å². The Morgan fingerprint density at radius 1 is 1.06 bits per heavy atom. The minimum Gasteiger partial charge on any atom is -0.192 e. The van der Waals surface area contributed by atoms with Crippen molar-refractivity contribution in [1.29, 1.82) is 5.26 Å². The summed E-state index contributed by atoms with van der Waals surface area (Å²) >= 11 is 0. The van der Waals surface area contributed by atoms with Gasteiger partial charge in [0.2, 0.25) is 0 Å². The zero-order chi connectivity index (χ0) is 12.3. The fraction of sp³-hybridized carbons (Fsp3) is 0.0625. The van der Waals surface area contributed by atoms with Crippen molar-refractivity contribution >= 4 is 5.57 Å². The Balaban J connectivity index is 2.44. The molecule has 0 amide bonds. The van der Waals surface area contributed by atoms with Crippen LogP contribution in [0.15, 0.2) is 55.1 Å². The van der Waals surface area contributed by atoms with Gasteiger partial charge in [0.05, 0.1) is 11.6 Å². The van der Waals surface area contributed by atoms with Crippen LogP contribution < -0.4 is 0 Å². The zero-order valence-electron chi connectivity index (χ0n) is 9.77. The van der Waals surface area contributed by atoms with Crippen molar-refractivity contribution in [2.45, 2.75) is 6.92 Å². The molecule has 0 heterocycles. The van der Waals surface area contributed by atoms with Gasteiger partial charge in [0.15, 0.2) is 0 Å². The Hall–Kier alpha value is -2.33. The van der Waals surface area contributed by atoms with E-state index in [4.69, 9.17) is 5.26 Å². The van der Waals surface area contributed by atoms with Crippen LogP contribution in [0.4, 0.5) is 0 Å². The van der Waals surface area contributed by atoms with E-state index in [0.29, 0.717) is 5.56 Å². The monoisotopic (exact) mass is 219 g/mol. The van der Waals surface area contributed by atoms with Crippen LogP contribution in [-0.2, 0) is 0 Å². The van der Waals surface area contributed by atoms with Crippen LogP contribution in [0.1, 0.15) is 22.3 Å². The highest BCUT2D eigenvalue weighted by molar-refractivity contribution is 5.81. The van der Waals surface area contributed by atoms with Gasteiger partial charge in [-0.2, -0.15) is 5.26 Å². The molecule has 0 saturated carbocycles. The molecule has 0 aliphatic carbocycles. The summed E-state index contributed by atoms with van der Waals surface area (Å²) in [7, 11) is 0. The summed E-state index contributed by atoms with van der Waals surface area (Å²) in [5.74, 6) is 0. The molecular weight excluding hydrogens is 206 g/mol. The number of nitriles is 1. The molecule has 0 unspecified atom stereocenters. The number of aryl methyl sites for hydroxylation is 1. The number of nitrogens with zero attached hydrogens (tertiary/aromatic N) is 1. The average Bonchev–Trinajstić information content (AvgIpc) is 2.39. The van der Waals surface area contributed by atoms with Crippen LogP contribution in [0.3, 0.4) is 0 Å². The Morgan fingerprint density at radius 3 is 2.35 bits per heavy atom. The topological polar surface area (TPSA) is 23.8 Å². The van der Waals surface area contributed by atoms with Gasteiger partial charge in [0.25, 0.3) is 0 Å². The van der Waals surface area contributed by atoms with Crippen molar-refractivity contribution < 1.29 is 0 Å². The molecule has 0 radical (unpaired) electrons. The second-order valence-corrected chi connectivity index (χ2v) is 4.00. The summed E-state index contributed by atoms with van der Waals surface area (Å²) in [4.78, 5) is 0. The molecule has 1 heteroatoms. The maximum absolute atomic E-state index is 9.07. The Morgan fingerprint density at radius 2 is 1.71 bits per heavy atom. The first-order valence-corrected chi connectivity index (χ1v) is 5.48. The quantitative estimate of drug-likeness (QED) is 0.750. The van der Waals surface area contributed by atoms with Crippen molar-refractivity contribution in [3.8, 4) is 6.07 Å². The first-order valence-electron chi connectivity index (χ1n) is 5.48. The second kappa shape index (κ2) is 4.67. The van der Waals surface area contributed by atoms with E-state index in [9.17, 15) is 0 Å². The van der Waals surface area contributed by atoms with Crippen LogP contribution in [0, 0.1) is 18.3 Å². The lowest BCUT2D eigenvalue weighted by Gasteiger charge is -2.08. The van der Waals surface area contributed by atoms with E-state index in [2.05, 4.69) is 31.7 Å². The van der Waals surface area contributed by atoms with Crippen LogP contribution >= 0.6 is 0 Å². The molecule has 0 bridgehead atoms. The van der Waals surface area contributed by atoms with Gasteiger partial charge in [-0.05, 0) is 29.7 Å². The van der Waals surface area contributed by atoms with E-state index in [1.807, 2.05) is 36.4 Å². The molecular formula is C16H13N. The first-order chi connectivity index (χ1) is 8.22. The molecule has 0 saturated heterocycles. The van der Waals surface area contributed by atoms with Gasteiger partial charge in [-0.3, -0.25) is 0 Å². The summed E-state index contributed by atoms with van der Waals surface area (Å²) in [6.07, 6.45) is 0. The number of hydrogen-bond donors (Lipinski definition) is 0. The van der Waals surface area contributed by atoms with Crippen LogP contribution in [0.2, 0.25) is 0 Å². The van der Waals surface area contributed by atoms with Gasteiger partial charge < -0.3 is 0 Å². The summed E-state index contributed by atoms with van der Waals surface area (Å²) in [5, 5.41) is 9.07. The van der Waals surface area contributed by atoms with Gasteiger partial charge >= 0.3 is 0 Å². The molecule has 1 nitrogen and oxygen atoms in total. The third-order valence-corrected chi connectivity index (χ3v) is 2.77. The predicted molar refractivity (Wildman–Crippen MR) is 70.5 cm³/mol. The Bertz CT molecular complexity index is 586. The average molecular weight is 219 g/mol. The second-order valence-electron chi connectivity index (χ2n) is 4.00. The van der Waals surface area contributed by atoms with E-state index in [1.54, 1.807) is 0 Å². The zero-order valence-corrected chi connectivity index (χ0v) is 9.77. The molecule has 0 aromatic heterocycles. The van der Waals surface area contributed by atoms with E-state index in [-0.39, 0.29) is 0 Å². The molecule has 2 aromatic carbocycles. The van der Waals surface area contributed by atoms with Crippen molar-refractivity contribution in [3.63, 3.8) is 0 Å². The lowest BCUT2D eigenvalue weighted by Crippen LogP contribution is -1.90. The maximum Gasteiger partial charge on any atom is 0.0998 e. The fourth-order valence-electron chi connectivity index (χ4n) is 1.75. The van der Waals surface area contributed by atoms with Crippen molar-refractivity contribution in [2.24, 2.45) is 0 Å². The predicted octanol–water partition coefficient (Wildman–Crippen LogP) is 3.93. The lowest BCUT2D eigenvalue weighted by molar-refractivity contribution is 1.43. The summed E-state index contributed by atoms with van der Waals surface area (Å²) in [6, 6.07) is 17.9. The van der Waals surface area contributed by atoms with Crippen LogP contribution in [0.5, 0.6) is 0 Å². The van der Waals surface area contributed by atoms with E-state index in [0.717, 1.165) is 16.7 Å². The summed E-state index contributed by atoms with van der Waals surface area (Å²) in [5.41, 5.74) is 4.73. The van der Waals surface area contributed by atoms with Crippen molar-refractivity contribution in [3.05, 3.63) is 77.4 Å².